The Bertz CT molecular complexity index is 690. The van der Waals surface area contributed by atoms with E-state index < -0.39 is 0 Å². The summed E-state index contributed by atoms with van der Waals surface area (Å²) < 4.78 is 0. The average Bonchev–Trinajstić information content (AvgIpc) is 2.50. The van der Waals surface area contributed by atoms with Gasteiger partial charge in [-0.15, -0.1) is 18.1 Å². The Kier molecular flexibility index (Phi) is 4.67. The van der Waals surface area contributed by atoms with Gasteiger partial charge in [0.15, 0.2) is 0 Å². The lowest BCUT2D eigenvalue weighted by molar-refractivity contribution is 0.470. The van der Waals surface area contributed by atoms with E-state index in [0.717, 1.165) is 22.3 Å². The molecule has 0 aliphatic carbocycles. The van der Waals surface area contributed by atoms with Crippen LogP contribution in [0.15, 0.2) is 66.9 Å². The predicted octanol–water partition coefficient (Wildman–Crippen LogP) is 4.91. The van der Waals surface area contributed by atoms with Gasteiger partial charge in [-0.05, 0) is 64.5 Å². The molecule has 106 valence electrons. The topological polar surface area (TPSA) is 49.7 Å². The van der Waals surface area contributed by atoms with E-state index in [2.05, 4.69) is 18.3 Å². The summed E-state index contributed by atoms with van der Waals surface area (Å²) in [7, 11) is 0. The monoisotopic (exact) mass is 279 g/mol. The van der Waals surface area contributed by atoms with Crippen LogP contribution in [0.5, 0.6) is 5.75 Å². The second kappa shape index (κ2) is 6.66. The lowest BCUT2D eigenvalue weighted by atomic mass is 9.97. The van der Waals surface area contributed by atoms with Gasteiger partial charge in [0.25, 0.3) is 0 Å². The molecule has 0 spiro atoms. The van der Waals surface area contributed by atoms with Gasteiger partial charge in [-0.1, -0.05) is 24.3 Å². The number of nitrogens with zero attached hydrogens (tertiary/aromatic N) is 1. The minimum atomic E-state index is 0.260. The predicted molar refractivity (Wildman–Crippen MR) is 86.8 cm³/mol. The minimum absolute atomic E-state index is 0.260. The largest absolute Gasteiger partial charge is 0.508 e. The lowest BCUT2D eigenvalue weighted by Crippen LogP contribution is -1.88. The molecule has 21 heavy (non-hydrogen) atoms. The van der Waals surface area contributed by atoms with Crippen LogP contribution in [0, 0.1) is 4.91 Å². The zero-order chi connectivity index (χ0) is 15.2. The van der Waals surface area contributed by atoms with Crippen molar-refractivity contribution in [2.45, 2.75) is 12.8 Å². The first kappa shape index (κ1) is 14.7. The van der Waals surface area contributed by atoms with E-state index in [-0.39, 0.29) is 5.75 Å². The molecule has 2 rings (SSSR count). The molecule has 0 radical (unpaired) electrons. The van der Waals surface area contributed by atoms with E-state index in [1.165, 1.54) is 0 Å². The number of hydrogen-bond donors (Lipinski definition) is 1. The maximum absolute atomic E-state index is 10.8. The SMILES string of the molecule is C=CCc1cc(-c2ccc(N=O)c(CC=C)c2)ccc1O. The molecule has 0 aromatic heterocycles. The molecule has 3 nitrogen and oxygen atoms in total. The summed E-state index contributed by atoms with van der Waals surface area (Å²) >= 11 is 0. The minimum Gasteiger partial charge on any atom is -0.508 e. The van der Waals surface area contributed by atoms with Crippen molar-refractivity contribution in [3.8, 4) is 16.9 Å². The number of phenolic OH excluding ortho intramolecular Hbond substituents is 1. The zero-order valence-electron chi connectivity index (χ0n) is 11.7. The third-order valence-corrected chi connectivity index (χ3v) is 3.32. The molecule has 0 heterocycles. The van der Waals surface area contributed by atoms with Crippen LogP contribution in [-0.4, -0.2) is 5.11 Å². The van der Waals surface area contributed by atoms with E-state index in [1.807, 2.05) is 24.3 Å². The molecule has 0 bridgehead atoms. The number of nitroso groups, excluding NO2 is 1. The van der Waals surface area contributed by atoms with Gasteiger partial charge >= 0.3 is 0 Å². The lowest BCUT2D eigenvalue weighted by Gasteiger charge is -2.09. The summed E-state index contributed by atoms with van der Waals surface area (Å²) in [6.07, 6.45) is 4.69. The van der Waals surface area contributed by atoms with Crippen molar-refractivity contribution in [2.75, 3.05) is 0 Å². The highest BCUT2D eigenvalue weighted by Crippen LogP contribution is 2.30. The maximum Gasteiger partial charge on any atom is 0.119 e. The average molecular weight is 279 g/mol. The molecular weight excluding hydrogens is 262 g/mol. The molecule has 0 saturated carbocycles. The Labute approximate surface area is 124 Å². The maximum atomic E-state index is 10.8. The van der Waals surface area contributed by atoms with Crippen molar-refractivity contribution in [1.29, 1.82) is 0 Å². The second-order valence-electron chi connectivity index (χ2n) is 4.76. The first-order valence-electron chi connectivity index (χ1n) is 6.70. The first-order valence-corrected chi connectivity index (χ1v) is 6.70. The molecule has 2 aromatic carbocycles. The van der Waals surface area contributed by atoms with Crippen LogP contribution in [0.4, 0.5) is 5.69 Å². The number of phenols is 1. The van der Waals surface area contributed by atoms with E-state index in [1.54, 1.807) is 24.3 Å². The molecule has 0 aliphatic rings. The van der Waals surface area contributed by atoms with Crippen molar-refractivity contribution in [1.82, 2.24) is 0 Å². The van der Waals surface area contributed by atoms with Gasteiger partial charge in [0, 0.05) is 0 Å². The summed E-state index contributed by atoms with van der Waals surface area (Å²) in [6, 6.07) is 10.9. The highest BCUT2D eigenvalue weighted by molar-refractivity contribution is 5.69. The van der Waals surface area contributed by atoms with Crippen molar-refractivity contribution in [2.24, 2.45) is 5.18 Å². The summed E-state index contributed by atoms with van der Waals surface area (Å²) in [5, 5.41) is 12.9. The Balaban J connectivity index is 2.48. The summed E-state index contributed by atoms with van der Waals surface area (Å²) in [5.74, 6) is 0.260. The number of aromatic hydroxyl groups is 1. The molecule has 0 atom stereocenters. The van der Waals surface area contributed by atoms with Gasteiger partial charge in [-0.2, -0.15) is 0 Å². The number of hydrogen-bond acceptors (Lipinski definition) is 3. The highest BCUT2D eigenvalue weighted by Gasteiger charge is 2.07. The van der Waals surface area contributed by atoms with Crippen LogP contribution >= 0.6 is 0 Å². The first-order chi connectivity index (χ1) is 10.2. The molecule has 0 aliphatic heterocycles. The van der Waals surface area contributed by atoms with Gasteiger partial charge in [-0.25, -0.2) is 0 Å². The van der Waals surface area contributed by atoms with Crippen LogP contribution in [0.2, 0.25) is 0 Å². The molecule has 0 saturated heterocycles. The Morgan fingerprint density at radius 1 is 0.952 bits per heavy atom. The molecule has 3 heteroatoms. The molecule has 0 fully saturated rings. The van der Waals surface area contributed by atoms with Crippen LogP contribution in [0.25, 0.3) is 11.1 Å². The quantitative estimate of drug-likeness (QED) is 0.603. The number of benzene rings is 2. The van der Waals surface area contributed by atoms with Crippen molar-refractivity contribution in [3.05, 3.63) is 77.7 Å². The second-order valence-corrected chi connectivity index (χ2v) is 4.76. The smallest absolute Gasteiger partial charge is 0.119 e. The number of rotatable bonds is 6. The molecule has 0 amide bonds. The van der Waals surface area contributed by atoms with E-state index >= 15 is 0 Å². The van der Waals surface area contributed by atoms with Gasteiger partial charge in [-0.3, -0.25) is 0 Å². The van der Waals surface area contributed by atoms with Crippen molar-refractivity contribution in [3.63, 3.8) is 0 Å². The Morgan fingerprint density at radius 3 is 2.14 bits per heavy atom. The Hall–Kier alpha value is -2.68. The standard InChI is InChI=1S/C18H17NO2/c1-3-5-15-11-13(7-9-17(15)19-21)14-8-10-18(20)16(12-14)6-4-2/h3-4,7-12,20H,1-2,5-6H2. The summed E-state index contributed by atoms with van der Waals surface area (Å²) in [6.45, 7) is 7.39. The fourth-order valence-electron chi connectivity index (χ4n) is 2.26. The van der Waals surface area contributed by atoms with Crippen molar-refractivity contribution < 1.29 is 5.11 Å². The third-order valence-electron chi connectivity index (χ3n) is 3.32. The molecule has 0 unspecified atom stereocenters. The van der Waals surface area contributed by atoms with Crippen molar-refractivity contribution >= 4 is 5.69 Å². The van der Waals surface area contributed by atoms with Crippen LogP contribution in [-0.2, 0) is 12.8 Å². The highest BCUT2D eigenvalue weighted by atomic mass is 16.3. The number of allylic oxidation sites excluding steroid dienone is 2. The van der Waals surface area contributed by atoms with Gasteiger partial charge in [0.2, 0.25) is 0 Å². The van der Waals surface area contributed by atoms with Crippen LogP contribution < -0.4 is 0 Å². The third kappa shape index (κ3) is 3.26. The van der Waals surface area contributed by atoms with Gasteiger partial charge in [0.05, 0.1) is 0 Å². The van der Waals surface area contributed by atoms with Gasteiger partial charge < -0.3 is 5.11 Å². The van der Waals surface area contributed by atoms with E-state index in [0.29, 0.717) is 18.5 Å². The fourth-order valence-corrected chi connectivity index (χ4v) is 2.26. The van der Waals surface area contributed by atoms with E-state index in [9.17, 15) is 10.0 Å². The summed E-state index contributed by atoms with van der Waals surface area (Å²) in [4.78, 5) is 10.8. The molecule has 2 aromatic rings. The molecule has 1 N–H and O–H groups in total. The fraction of sp³-hybridized carbons (Fsp3) is 0.111. The summed E-state index contributed by atoms with van der Waals surface area (Å²) in [5.41, 5.74) is 4.06. The van der Waals surface area contributed by atoms with E-state index in [4.69, 9.17) is 0 Å². The van der Waals surface area contributed by atoms with Crippen LogP contribution in [0.3, 0.4) is 0 Å². The normalized spacial score (nSPS) is 10.1. The zero-order valence-corrected chi connectivity index (χ0v) is 11.7. The van der Waals surface area contributed by atoms with Gasteiger partial charge in [0.1, 0.15) is 11.4 Å². The molecular formula is C18H17NO2. The van der Waals surface area contributed by atoms with Crippen LogP contribution in [0.1, 0.15) is 11.1 Å². The Morgan fingerprint density at radius 2 is 1.52 bits per heavy atom.